The van der Waals surface area contributed by atoms with E-state index in [9.17, 15) is 14.7 Å². The first-order chi connectivity index (χ1) is 16.0. The number of fused-ring (bicyclic) bond motifs is 1. The Morgan fingerprint density at radius 3 is 2.52 bits per heavy atom. The molecular formula is C25H29N4O4+. The molecule has 2 heterocycles. The third-order valence-electron chi connectivity index (χ3n) is 6.15. The van der Waals surface area contributed by atoms with Gasteiger partial charge in [0.1, 0.15) is 0 Å². The fraction of sp³-hybridized carbons (Fsp3) is 0.360. The van der Waals surface area contributed by atoms with Crippen molar-refractivity contribution in [2.45, 2.75) is 33.4 Å². The Kier molecular flexibility index (Phi) is 6.84. The lowest BCUT2D eigenvalue weighted by Gasteiger charge is -2.28. The van der Waals surface area contributed by atoms with E-state index in [-0.39, 0.29) is 23.5 Å². The second-order valence-corrected chi connectivity index (χ2v) is 8.42. The molecule has 1 aliphatic heterocycles. The summed E-state index contributed by atoms with van der Waals surface area (Å²) in [7, 11) is 0. The highest BCUT2D eigenvalue weighted by Crippen LogP contribution is 2.38. The van der Waals surface area contributed by atoms with Crippen molar-refractivity contribution >= 4 is 28.5 Å². The number of rotatable bonds is 6. The molecule has 1 aromatic heterocycles. The topological polar surface area (TPSA) is 97.7 Å². The maximum atomic E-state index is 12.4. The molecule has 3 aromatic rings. The molecule has 0 spiro atoms. The Bertz CT molecular complexity index is 1180. The summed E-state index contributed by atoms with van der Waals surface area (Å²) in [6.07, 6.45) is 1.51. The zero-order chi connectivity index (χ0) is 23.4. The van der Waals surface area contributed by atoms with Crippen LogP contribution in [0, 0.1) is 12.8 Å². The minimum Gasteiger partial charge on any atom is -0.493 e. The molecule has 0 bridgehead atoms. The SMILES string of the molecule is CCOC(=O)C1CC[NH+](Cn2c(O)c(N=NC(=O)c3ccc(C)cc3)c3ccccc32)CC1. The Hall–Kier alpha value is -3.52. The molecule has 8 nitrogen and oxygen atoms in total. The molecule has 1 aliphatic rings. The van der Waals surface area contributed by atoms with Crippen molar-refractivity contribution in [2.75, 3.05) is 19.7 Å². The molecule has 0 atom stereocenters. The minimum atomic E-state index is -0.460. The van der Waals surface area contributed by atoms with Crippen LogP contribution < -0.4 is 4.90 Å². The van der Waals surface area contributed by atoms with Gasteiger partial charge in [-0.15, -0.1) is 10.2 Å². The molecule has 1 saturated heterocycles. The second kappa shape index (κ2) is 9.95. The number of aromatic nitrogens is 1. The van der Waals surface area contributed by atoms with Crippen LogP contribution in [0.15, 0.2) is 58.8 Å². The molecule has 1 amide bonds. The van der Waals surface area contributed by atoms with Crippen LogP contribution in [0.3, 0.4) is 0 Å². The van der Waals surface area contributed by atoms with Crippen LogP contribution in [0.4, 0.5) is 5.69 Å². The fourth-order valence-corrected chi connectivity index (χ4v) is 4.28. The molecule has 0 unspecified atom stereocenters. The number of hydrogen-bond acceptors (Lipinski definition) is 5. The molecule has 2 aromatic carbocycles. The first-order valence-electron chi connectivity index (χ1n) is 11.3. The number of nitrogens with one attached hydrogen (secondary N) is 1. The van der Waals surface area contributed by atoms with Crippen LogP contribution in [0.1, 0.15) is 35.7 Å². The average Bonchev–Trinajstić information content (AvgIpc) is 3.09. The van der Waals surface area contributed by atoms with Crippen LogP contribution in [0.2, 0.25) is 0 Å². The number of hydrogen-bond donors (Lipinski definition) is 2. The maximum Gasteiger partial charge on any atom is 0.309 e. The average molecular weight is 450 g/mol. The van der Waals surface area contributed by atoms with E-state index < -0.39 is 5.91 Å². The predicted molar refractivity (Wildman–Crippen MR) is 124 cm³/mol. The first-order valence-corrected chi connectivity index (χ1v) is 11.3. The number of azo groups is 1. The zero-order valence-electron chi connectivity index (χ0n) is 19.0. The number of piperidine rings is 1. The number of para-hydroxylation sites is 1. The lowest BCUT2D eigenvalue weighted by Crippen LogP contribution is -3.12. The second-order valence-electron chi connectivity index (χ2n) is 8.42. The predicted octanol–water partition coefficient (Wildman–Crippen LogP) is 3.39. The van der Waals surface area contributed by atoms with Gasteiger partial charge in [-0.05, 0) is 32.0 Å². The van der Waals surface area contributed by atoms with Gasteiger partial charge in [-0.2, -0.15) is 0 Å². The van der Waals surface area contributed by atoms with Gasteiger partial charge < -0.3 is 14.7 Å². The van der Waals surface area contributed by atoms with Crippen molar-refractivity contribution in [3.8, 4) is 5.88 Å². The van der Waals surface area contributed by atoms with Gasteiger partial charge in [0, 0.05) is 23.8 Å². The number of aromatic hydroxyl groups is 1. The number of esters is 1. The van der Waals surface area contributed by atoms with Crippen molar-refractivity contribution in [1.82, 2.24) is 4.57 Å². The highest BCUT2D eigenvalue weighted by Gasteiger charge is 2.29. The largest absolute Gasteiger partial charge is 0.493 e. The Balaban J connectivity index is 1.53. The van der Waals surface area contributed by atoms with Gasteiger partial charge >= 0.3 is 5.97 Å². The van der Waals surface area contributed by atoms with Gasteiger partial charge in [0.05, 0.1) is 31.1 Å². The van der Waals surface area contributed by atoms with E-state index >= 15 is 0 Å². The van der Waals surface area contributed by atoms with E-state index in [1.54, 1.807) is 16.7 Å². The van der Waals surface area contributed by atoms with Crippen molar-refractivity contribution < 1.29 is 24.3 Å². The normalized spacial score (nSPS) is 18.6. The standard InChI is InChI=1S/C25H28N4O4/c1-3-33-25(32)19-12-14-28(15-13-19)16-29-21-7-5-4-6-20(21)22(24(29)31)26-27-23(30)18-10-8-17(2)9-11-18/h4-11,19,31H,3,12-16H2,1-2H3/p+1. The van der Waals surface area contributed by atoms with Gasteiger partial charge in [-0.25, -0.2) is 0 Å². The van der Waals surface area contributed by atoms with E-state index in [1.807, 2.05) is 50.2 Å². The summed E-state index contributed by atoms with van der Waals surface area (Å²) in [5, 5.41) is 19.7. The fourth-order valence-electron chi connectivity index (χ4n) is 4.28. The Morgan fingerprint density at radius 2 is 1.82 bits per heavy atom. The summed E-state index contributed by atoms with van der Waals surface area (Å²) in [5.74, 6) is -0.651. The van der Waals surface area contributed by atoms with Gasteiger partial charge in [0.25, 0.3) is 5.91 Å². The highest BCUT2D eigenvalue weighted by molar-refractivity contribution is 5.97. The number of quaternary nitrogens is 1. The summed E-state index contributed by atoms with van der Waals surface area (Å²) >= 11 is 0. The van der Waals surface area contributed by atoms with E-state index in [0.717, 1.165) is 42.4 Å². The van der Waals surface area contributed by atoms with Gasteiger partial charge in [0.15, 0.2) is 12.4 Å². The molecule has 0 radical (unpaired) electrons. The van der Waals surface area contributed by atoms with Gasteiger partial charge in [-0.1, -0.05) is 35.9 Å². The van der Waals surface area contributed by atoms with E-state index in [0.29, 0.717) is 18.8 Å². The summed E-state index contributed by atoms with van der Waals surface area (Å²) in [6.45, 7) is 6.31. The van der Waals surface area contributed by atoms with Gasteiger partial charge in [-0.3, -0.25) is 14.2 Å². The minimum absolute atomic E-state index is 0.0170. The molecule has 172 valence electrons. The molecule has 1 fully saturated rings. The van der Waals surface area contributed by atoms with Crippen LogP contribution in [0.5, 0.6) is 5.88 Å². The molecule has 4 rings (SSSR count). The van der Waals surface area contributed by atoms with Crippen molar-refractivity contribution in [2.24, 2.45) is 16.1 Å². The van der Waals surface area contributed by atoms with E-state index in [4.69, 9.17) is 4.74 Å². The highest BCUT2D eigenvalue weighted by atomic mass is 16.5. The zero-order valence-corrected chi connectivity index (χ0v) is 19.0. The van der Waals surface area contributed by atoms with Gasteiger partial charge in [0.2, 0.25) is 5.88 Å². The number of ether oxygens (including phenoxy) is 1. The summed E-state index contributed by atoms with van der Waals surface area (Å²) in [6, 6.07) is 14.7. The van der Waals surface area contributed by atoms with Crippen LogP contribution in [-0.2, 0) is 16.2 Å². The smallest absolute Gasteiger partial charge is 0.309 e. The number of carbonyl (C=O) groups excluding carboxylic acids is 2. The lowest BCUT2D eigenvalue weighted by molar-refractivity contribution is -0.928. The van der Waals surface area contributed by atoms with Crippen LogP contribution >= 0.6 is 0 Å². The van der Waals surface area contributed by atoms with Crippen LogP contribution in [-0.4, -0.2) is 41.2 Å². The Morgan fingerprint density at radius 1 is 1.12 bits per heavy atom. The summed E-state index contributed by atoms with van der Waals surface area (Å²) in [5.41, 5.74) is 2.61. The molecule has 0 aliphatic carbocycles. The lowest BCUT2D eigenvalue weighted by atomic mass is 9.97. The summed E-state index contributed by atoms with van der Waals surface area (Å²) in [4.78, 5) is 25.7. The number of likely N-dealkylation sites (tertiary alicyclic amines) is 1. The number of nitrogens with zero attached hydrogens (tertiary/aromatic N) is 3. The quantitative estimate of drug-likeness (QED) is 0.445. The van der Waals surface area contributed by atoms with E-state index in [2.05, 4.69) is 10.2 Å². The van der Waals surface area contributed by atoms with Crippen molar-refractivity contribution in [3.05, 3.63) is 59.7 Å². The van der Waals surface area contributed by atoms with E-state index in [1.165, 1.54) is 4.90 Å². The molecular weight excluding hydrogens is 420 g/mol. The number of amides is 1. The third kappa shape index (κ3) is 4.96. The summed E-state index contributed by atoms with van der Waals surface area (Å²) < 4.78 is 6.96. The number of aryl methyl sites for hydroxylation is 1. The Labute approximate surface area is 192 Å². The van der Waals surface area contributed by atoms with Crippen molar-refractivity contribution in [3.63, 3.8) is 0 Å². The van der Waals surface area contributed by atoms with Crippen LogP contribution in [0.25, 0.3) is 10.9 Å². The molecule has 8 heteroatoms. The first kappa shape index (κ1) is 22.7. The maximum absolute atomic E-state index is 12.4. The molecule has 33 heavy (non-hydrogen) atoms. The third-order valence-corrected chi connectivity index (χ3v) is 6.15. The monoisotopic (exact) mass is 449 g/mol. The molecule has 0 saturated carbocycles. The number of carbonyl (C=O) groups is 2. The number of benzene rings is 2. The molecule has 2 N–H and O–H groups in total. The van der Waals surface area contributed by atoms with Crippen molar-refractivity contribution in [1.29, 1.82) is 0 Å².